The molecule has 0 aromatic carbocycles. The lowest BCUT2D eigenvalue weighted by Crippen LogP contribution is -2.34. The highest BCUT2D eigenvalue weighted by molar-refractivity contribution is 5.16. The van der Waals surface area contributed by atoms with E-state index in [1.54, 1.807) is 0 Å². The summed E-state index contributed by atoms with van der Waals surface area (Å²) in [5.74, 6) is 0. The number of hydrogen-bond donors (Lipinski definition) is 0. The first kappa shape index (κ1) is 14.9. The molecule has 2 unspecified atom stereocenters. The van der Waals surface area contributed by atoms with Crippen LogP contribution in [-0.2, 0) is 0 Å². The maximum atomic E-state index is 2.62. The van der Waals surface area contributed by atoms with E-state index in [0.29, 0.717) is 0 Å². The lowest BCUT2D eigenvalue weighted by Gasteiger charge is -2.22. The normalized spacial score (nSPS) is 28.4. The lowest BCUT2D eigenvalue weighted by atomic mass is 10.4. The molecule has 1 aliphatic carbocycles. The Hall–Kier alpha value is -0.120. The molecule has 0 bridgehead atoms. The molecule has 0 spiro atoms. The number of nitrogens with zero attached hydrogens (tertiary/aromatic N) is 3. The van der Waals surface area contributed by atoms with E-state index in [4.69, 9.17) is 0 Å². The zero-order valence-corrected chi connectivity index (χ0v) is 12.6. The summed E-state index contributed by atoms with van der Waals surface area (Å²) in [4.78, 5) is 7.77. The van der Waals surface area contributed by atoms with Crippen LogP contribution in [0.2, 0.25) is 0 Å². The van der Waals surface area contributed by atoms with Crippen LogP contribution in [0.25, 0.3) is 0 Å². The third-order valence-electron chi connectivity index (χ3n) is 4.38. The molecule has 0 heterocycles. The van der Waals surface area contributed by atoms with Crippen LogP contribution in [0, 0.1) is 0 Å². The number of rotatable bonds is 8. The summed E-state index contributed by atoms with van der Waals surface area (Å²) in [5.41, 5.74) is 0. The van der Waals surface area contributed by atoms with Gasteiger partial charge in [-0.1, -0.05) is 34.6 Å². The second-order valence-electron chi connectivity index (χ2n) is 4.99. The predicted molar refractivity (Wildman–Crippen MR) is 75.5 cm³/mol. The highest BCUT2D eigenvalue weighted by Crippen LogP contribution is 2.37. The zero-order valence-electron chi connectivity index (χ0n) is 12.6. The Labute approximate surface area is 108 Å². The fraction of sp³-hybridized carbons (Fsp3) is 1.00. The molecule has 0 amide bonds. The Bertz CT molecular complexity index is 194. The van der Waals surface area contributed by atoms with Crippen molar-refractivity contribution in [3.8, 4) is 0 Å². The van der Waals surface area contributed by atoms with E-state index in [1.807, 2.05) is 0 Å². The Morgan fingerprint density at radius 3 is 1.18 bits per heavy atom. The first-order valence-electron chi connectivity index (χ1n) is 7.34. The van der Waals surface area contributed by atoms with E-state index in [-0.39, 0.29) is 0 Å². The van der Waals surface area contributed by atoms with E-state index in [2.05, 4.69) is 56.4 Å². The van der Waals surface area contributed by atoms with Gasteiger partial charge in [0.2, 0.25) is 0 Å². The topological polar surface area (TPSA) is 9.72 Å². The maximum Gasteiger partial charge on any atom is 0.0438 e. The highest BCUT2D eigenvalue weighted by atomic mass is 15.4. The molecule has 0 N–H and O–H groups in total. The van der Waals surface area contributed by atoms with Gasteiger partial charge < -0.3 is 4.90 Å². The summed E-state index contributed by atoms with van der Waals surface area (Å²) in [6.45, 7) is 17.2. The Balaban J connectivity index is 2.73. The molecule has 0 aromatic rings. The molecular formula is C14H31N3. The highest BCUT2D eigenvalue weighted by Gasteiger charge is 2.56. The average molecular weight is 241 g/mol. The van der Waals surface area contributed by atoms with Crippen LogP contribution >= 0.6 is 0 Å². The number of hydrogen-bond acceptors (Lipinski definition) is 3. The zero-order chi connectivity index (χ0) is 13.0. The second kappa shape index (κ2) is 6.72. The minimum atomic E-state index is 0.736. The van der Waals surface area contributed by atoms with Crippen molar-refractivity contribution >= 4 is 0 Å². The van der Waals surface area contributed by atoms with E-state index >= 15 is 0 Å². The summed E-state index contributed by atoms with van der Waals surface area (Å²) in [5, 5.41) is 0. The van der Waals surface area contributed by atoms with Gasteiger partial charge in [0, 0.05) is 18.1 Å². The monoisotopic (exact) mass is 241 g/mol. The summed E-state index contributed by atoms with van der Waals surface area (Å²) in [7, 11) is 2.27. The first-order chi connectivity index (χ1) is 8.15. The SMILES string of the molecule is CCN(C)C1C(N(CC)CC)C1N(CC)CC. The fourth-order valence-electron chi connectivity index (χ4n) is 3.15. The van der Waals surface area contributed by atoms with Crippen LogP contribution < -0.4 is 0 Å². The van der Waals surface area contributed by atoms with E-state index < -0.39 is 0 Å². The summed E-state index contributed by atoms with van der Waals surface area (Å²) >= 11 is 0. The molecule has 0 radical (unpaired) electrons. The molecule has 0 aliphatic heterocycles. The second-order valence-corrected chi connectivity index (χ2v) is 4.99. The quantitative estimate of drug-likeness (QED) is 0.641. The molecular weight excluding hydrogens is 210 g/mol. The minimum Gasteiger partial charge on any atom is -0.300 e. The molecule has 3 nitrogen and oxygen atoms in total. The van der Waals surface area contributed by atoms with Gasteiger partial charge in [0.05, 0.1) is 0 Å². The smallest absolute Gasteiger partial charge is 0.0438 e. The average Bonchev–Trinajstić information content (AvgIpc) is 3.07. The van der Waals surface area contributed by atoms with Gasteiger partial charge in [0.15, 0.2) is 0 Å². The first-order valence-corrected chi connectivity index (χ1v) is 7.34. The van der Waals surface area contributed by atoms with Crippen molar-refractivity contribution in [2.24, 2.45) is 0 Å². The van der Waals surface area contributed by atoms with Crippen molar-refractivity contribution < 1.29 is 0 Å². The molecule has 17 heavy (non-hydrogen) atoms. The minimum absolute atomic E-state index is 0.736. The standard InChI is InChI=1S/C14H31N3/c1-7-15(6)12-13(16(8-2)9-3)14(12)17(10-4)11-5/h12-14H,7-11H2,1-6H3. The van der Waals surface area contributed by atoms with Gasteiger partial charge in [0.25, 0.3) is 0 Å². The van der Waals surface area contributed by atoms with Gasteiger partial charge in [-0.15, -0.1) is 0 Å². The predicted octanol–water partition coefficient (Wildman–Crippen LogP) is 1.74. The van der Waals surface area contributed by atoms with Crippen molar-refractivity contribution in [3.05, 3.63) is 0 Å². The van der Waals surface area contributed by atoms with Crippen molar-refractivity contribution in [1.82, 2.24) is 14.7 Å². The van der Waals surface area contributed by atoms with Crippen LogP contribution in [0.3, 0.4) is 0 Å². The van der Waals surface area contributed by atoms with E-state index in [9.17, 15) is 0 Å². The van der Waals surface area contributed by atoms with Crippen LogP contribution in [0.15, 0.2) is 0 Å². The third kappa shape index (κ3) is 3.01. The molecule has 0 saturated heterocycles. The van der Waals surface area contributed by atoms with Crippen molar-refractivity contribution in [2.45, 2.75) is 52.7 Å². The van der Waals surface area contributed by atoms with Gasteiger partial charge in [-0.05, 0) is 39.8 Å². The molecule has 1 saturated carbocycles. The Kier molecular flexibility index (Phi) is 5.90. The van der Waals surface area contributed by atoms with Crippen LogP contribution in [-0.4, -0.2) is 72.6 Å². The maximum absolute atomic E-state index is 2.62. The fourth-order valence-corrected chi connectivity index (χ4v) is 3.15. The van der Waals surface area contributed by atoms with Gasteiger partial charge in [-0.25, -0.2) is 0 Å². The summed E-state index contributed by atoms with van der Waals surface area (Å²) < 4.78 is 0. The van der Waals surface area contributed by atoms with Crippen LogP contribution in [0.4, 0.5) is 0 Å². The van der Waals surface area contributed by atoms with Crippen molar-refractivity contribution in [2.75, 3.05) is 39.8 Å². The lowest BCUT2D eigenvalue weighted by molar-refractivity contribution is 0.222. The van der Waals surface area contributed by atoms with Crippen LogP contribution in [0.5, 0.6) is 0 Å². The van der Waals surface area contributed by atoms with E-state index in [0.717, 1.165) is 24.7 Å². The summed E-state index contributed by atoms with van der Waals surface area (Å²) in [6.07, 6.45) is 0. The third-order valence-corrected chi connectivity index (χ3v) is 4.38. The number of likely N-dealkylation sites (N-methyl/N-ethyl adjacent to an activating group) is 3. The molecule has 1 rings (SSSR count). The van der Waals surface area contributed by atoms with Gasteiger partial charge in [-0.2, -0.15) is 0 Å². The van der Waals surface area contributed by atoms with E-state index in [1.165, 1.54) is 26.2 Å². The molecule has 1 fully saturated rings. The summed E-state index contributed by atoms with van der Waals surface area (Å²) in [6, 6.07) is 2.23. The molecule has 3 heteroatoms. The Morgan fingerprint density at radius 1 is 0.588 bits per heavy atom. The molecule has 0 aromatic heterocycles. The largest absolute Gasteiger partial charge is 0.300 e. The van der Waals surface area contributed by atoms with Crippen LogP contribution in [0.1, 0.15) is 34.6 Å². The molecule has 1 aliphatic rings. The Morgan fingerprint density at radius 2 is 0.941 bits per heavy atom. The van der Waals surface area contributed by atoms with Crippen molar-refractivity contribution in [1.29, 1.82) is 0 Å². The molecule has 2 atom stereocenters. The van der Waals surface area contributed by atoms with Crippen molar-refractivity contribution in [3.63, 3.8) is 0 Å². The van der Waals surface area contributed by atoms with Gasteiger partial charge in [-0.3, -0.25) is 9.80 Å². The van der Waals surface area contributed by atoms with Gasteiger partial charge >= 0.3 is 0 Å². The molecule has 102 valence electrons. The van der Waals surface area contributed by atoms with Gasteiger partial charge in [0.1, 0.15) is 0 Å².